The van der Waals surface area contributed by atoms with Gasteiger partial charge in [-0.3, -0.25) is 0 Å². The molecule has 0 aliphatic carbocycles. The van der Waals surface area contributed by atoms with Gasteiger partial charge in [-0.25, -0.2) is 15.0 Å². The lowest BCUT2D eigenvalue weighted by Crippen LogP contribution is -2.07. The summed E-state index contributed by atoms with van der Waals surface area (Å²) in [5.74, 6) is 2.33. The average Bonchev–Trinajstić information content (AvgIpc) is 2.97. The minimum atomic E-state index is 0.515. The lowest BCUT2D eigenvalue weighted by molar-refractivity contribution is 0.327. The molecule has 0 saturated carbocycles. The van der Waals surface area contributed by atoms with Crippen molar-refractivity contribution in [2.24, 2.45) is 0 Å². The summed E-state index contributed by atoms with van der Waals surface area (Å²) in [4.78, 5) is 14.6. The van der Waals surface area contributed by atoms with E-state index in [0.717, 1.165) is 34.9 Å². The Labute approximate surface area is 156 Å². The van der Waals surface area contributed by atoms with Crippen LogP contribution in [0.5, 0.6) is 17.2 Å². The van der Waals surface area contributed by atoms with Gasteiger partial charge in [0.05, 0.1) is 37.4 Å². The van der Waals surface area contributed by atoms with Crippen LogP contribution in [0.3, 0.4) is 0 Å². The maximum absolute atomic E-state index is 5.51. The molecule has 0 unspecified atom stereocenters. The first-order valence-corrected chi connectivity index (χ1v) is 9.01. The molecule has 0 radical (unpaired) electrons. The van der Waals surface area contributed by atoms with Gasteiger partial charge in [-0.2, -0.15) is 0 Å². The van der Waals surface area contributed by atoms with Gasteiger partial charge in [-0.15, -0.1) is 11.3 Å². The van der Waals surface area contributed by atoms with Crippen molar-refractivity contribution in [3.8, 4) is 17.2 Å². The second-order valence-corrected chi connectivity index (χ2v) is 6.98. The highest BCUT2D eigenvalue weighted by molar-refractivity contribution is 7.11. The van der Waals surface area contributed by atoms with E-state index in [4.69, 9.17) is 14.2 Å². The summed E-state index contributed by atoms with van der Waals surface area (Å²) in [6.45, 7) is 4.84. The van der Waals surface area contributed by atoms with Crippen LogP contribution in [0.1, 0.15) is 15.6 Å². The predicted octanol–water partition coefficient (Wildman–Crippen LogP) is 3.38. The molecule has 0 saturated heterocycles. The highest BCUT2D eigenvalue weighted by atomic mass is 32.1. The SMILES string of the molecule is COc1cc2c(NCCc3nc(C)c(C)s3)ncnc2c(OC)c1OC. The molecule has 3 aromatic rings. The van der Waals surface area contributed by atoms with E-state index in [-0.39, 0.29) is 0 Å². The number of nitrogens with zero attached hydrogens (tertiary/aromatic N) is 3. The normalized spacial score (nSPS) is 10.8. The van der Waals surface area contributed by atoms with Gasteiger partial charge in [0.2, 0.25) is 5.75 Å². The third kappa shape index (κ3) is 3.37. The average molecular weight is 374 g/mol. The molecule has 0 amide bonds. The highest BCUT2D eigenvalue weighted by Gasteiger charge is 2.19. The maximum atomic E-state index is 5.51. The van der Waals surface area contributed by atoms with Crippen molar-refractivity contribution in [3.63, 3.8) is 0 Å². The first-order chi connectivity index (χ1) is 12.6. The first-order valence-electron chi connectivity index (χ1n) is 8.19. The summed E-state index contributed by atoms with van der Waals surface area (Å²) in [6, 6.07) is 1.86. The Balaban J connectivity index is 1.90. The van der Waals surface area contributed by atoms with Crippen molar-refractivity contribution in [3.05, 3.63) is 28.0 Å². The number of rotatable bonds is 7. The van der Waals surface area contributed by atoms with Crippen LogP contribution in [0.2, 0.25) is 0 Å². The molecule has 0 bridgehead atoms. The van der Waals surface area contributed by atoms with Crippen molar-refractivity contribution < 1.29 is 14.2 Å². The minimum Gasteiger partial charge on any atom is -0.493 e. The molecule has 7 nitrogen and oxygen atoms in total. The lowest BCUT2D eigenvalue weighted by atomic mass is 10.2. The van der Waals surface area contributed by atoms with Gasteiger partial charge in [-0.1, -0.05) is 0 Å². The van der Waals surface area contributed by atoms with Crippen molar-refractivity contribution in [1.82, 2.24) is 15.0 Å². The number of fused-ring (bicyclic) bond motifs is 1. The number of nitrogens with one attached hydrogen (secondary N) is 1. The quantitative estimate of drug-likeness (QED) is 0.679. The molecule has 0 atom stereocenters. The van der Waals surface area contributed by atoms with E-state index < -0.39 is 0 Å². The number of hydrogen-bond acceptors (Lipinski definition) is 8. The summed E-state index contributed by atoms with van der Waals surface area (Å²) in [6.07, 6.45) is 2.34. The standard InChI is InChI=1S/C18H22N4O3S/c1-10-11(2)26-14(22-10)6-7-19-18-12-8-13(23-3)16(24-4)17(25-5)15(12)20-9-21-18/h8-9H,6-7H2,1-5H3,(H,19,20,21). The number of ether oxygens (including phenoxy) is 3. The molecule has 138 valence electrons. The zero-order valence-corrected chi connectivity index (χ0v) is 16.4. The van der Waals surface area contributed by atoms with Crippen molar-refractivity contribution in [1.29, 1.82) is 0 Å². The molecular weight excluding hydrogens is 352 g/mol. The number of hydrogen-bond donors (Lipinski definition) is 1. The number of anilines is 1. The Morgan fingerprint density at radius 1 is 1.04 bits per heavy atom. The monoisotopic (exact) mass is 374 g/mol. The molecule has 3 rings (SSSR count). The molecule has 0 aliphatic rings. The van der Waals surface area contributed by atoms with E-state index in [1.165, 1.54) is 11.2 Å². The Bertz CT molecular complexity index is 907. The third-order valence-electron chi connectivity index (χ3n) is 4.14. The fourth-order valence-corrected chi connectivity index (χ4v) is 3.67. The van der Waals surface area contributed by atoms with Gasteiger partial charge in [0.1, 0.15) is 17.7 Å². The van der Waals surface area contributed by atoms with Crippen LogP contribution < -0.4 is 19.5 Å². The molecule has 0 aliphatic heterocycles. The Morgan fingerprint density at radius 3 is 2.42 bits per heavy atom. The zero-order chi connectivity index (χ0) is 18.7. The molecule has 0 fully saturated rings. The number of aromatic nitrogens is 3. The van der Waals surface area contributed by atoms with Gasteiger partial charge in [-0.05, 0) is 19.9 Å². The van der Waals surface area contributed by atoms with Crippen LogP contribution in [-0.2, 0) is 6.42 Å². The second-order valence-electron chi connectivity index (χ2n) is 5.69. The molecule has 8 heteroatoms. The van der Waals surface area contributed by atoms with Gasteiger partial charge in [0.15, 0.2) is 11.5 Å². The van der Waals surface area contributed by atoms with Gasteiger partial charge >= 0.3 is 0 Å². The molecule has 2 heterocycles. The van der Waals surface area contributed by atoms with Gasteiger partial charge < -0.3 is 19.5 Å². The maximum Gasteiger partial charge on any atom is 0.205 e. The van der Waals surface area contributed by atoms with E-state index >= 15 is 0 Å². The minimum absolute atomic E-state index is 0.515. The summed E-state index contributed by atoms with van der Waals surface area (Å²) in [7, 11) is 4.75. The Kier molecular flexibility index (Phi) is 5.41. The molecule has 1 aromatic carbocycles. The predicted molar refractivity (Wildman–Crippen MR) is 103 cm³/mol. The first kappa shape index (κ1) is 18.2. The molecule has 1 N–H and O–H groups in total. The van der Waals surface area contributed by atoms with E-state index in [9.17, 15) is 0 Å². The zero-order valence-electron chi connectivity index (χ0n) is 15.5. The second kappa shape index (κ2) is 7.74. The smallest absolute Gasteiger partial charge is 0.205 e. The number of methoxy groups -OCH3 is 3. The van der Waals surface area contributed by atoms with E-state index in [2.05, 4.69) is 27.2 Å². The van der Waals surface area contributed by atoms with E-state index in [0.29, 0.717) is 22.8 Å². The van der Waals surface area contributed by atoms with Crippen molar-refractivity contribution in [2.75, 3.05) is 33.2 Å². The van der Waals surface area contributed by atoms with Crippen LogP contribution in [0.4, 0.5) is 5.82 Å². The fraction of sp³-hybridized carbons (Fsp3) is 0.389. The highest BCUT2D eigenvalue weighted by Crippen LogP contribution is 2.43. The Morgan fingerprint density at radius 2 is 1.81 bits per heavy atom. The number of thiazole rings is 1. The molecule has 0 spiro atoms. The topological polar surface area (TPSA) is 78.4 Å². The van der Waals surface area contributed by atoms with Gasteiger partial charge in [0.25, 0.3) is 0 Å². The summed E-state index contributed by atoms with van der Waals surface area (Å²) < 4.78 is 16.4. The van der Waals surface area contributed by atoms with Crippen molar-refractivity contribution >= 4 is 28.1 Å². The van der Waals surface area contributed by atoms with Crippen LogP contribution >= 0.6 is 11.3 Å². The molecular formula is C18H22N4O3S. The van der Waals surface area contributed by atoms with Crippen LogP contribution in [0.15, 0.2) is 12.4 Å². The van der Waals surface area contributed by atoms with E-state index in [1.54, 1.807) is 32.7 Å². The molecule has 26 heavy (non-hydrogen) atoms. The summed E-state index contributed by atoms with van der Waals surface area (Å²) in [5, 5.41) is 5.30. The van der Waals surface area contributed by atoms with Crippen LogP contribution in [-0.4, -0.2) is 42.8 Å². The fourth-order valence-electron chi connectivity index (χ4n) is 2.74. The van der Waals surface area contributed by atoms with Crippen LogP contribution in [0, 0.1) is 13.8 Å². The largest absolute Gasteiger partial charge is 0.493 e. The summed E-state index contributed by atoms with van der Waals surface area (Å²) >= 11 is 1.73. The summed E-state index contributed by atoms with van der Waals surface area (Å²) in [5.41, 5.74) is 1.77. The number of aryl methyl sites for hydroxylation is 2. The van der Waals surface area contributed by atoms with Crippen molar-refractivity contribution in [2.45, 2.75) is 20.3 Å². The van der Waals surface area contributed by atoms with E-state index in [1.807, 2.05) is 13.0 Å². The van der Waals surface area contributed by atoms with Gasteiger partial charge in [0, 0.05) is 17.8 Å². The Hall–Kier alpha value is -2.61. The lowest BCUT2D eigenvalue weighted by Gasteiger charge is -2.15. The van der Waals surface area contributed by atoms with Crippen LogP contribution in [0.25, 0.3) is 10.9 Å². The third-order valence-corrected chi connectivity index (χ3v) is 5.27. The number of benzene rings is 1. The molecule has 2 aromatic heterocycles.